The zero-order chi connectivity index (χ0) is 22.8. The molecular weight excluding hydrogens is 490 g/mol. The van der Waals surface area contributed by atoms with Gasteiger partial charge in [-0.25, -0.2) is 4.98 Å². The van der Waals surface area contributed by atoms with Crippen LogP contribution in [0.15, 0.2) is 54.7 Å². The molecule has 0 spiro atoms. The number of fused-ring (bicyclic) bond motifs is 1. The summed E-state index contributed by atoms with van der Waals surface area (Å²) in [5.41, 5.74) is 2.96. The molecule has 2 aromatic carbocycles. The van der Waals surface area contributed by atoms with Crippen molar-refractivity contribution in [3.8, 4) is 0 Å². The normalized spacial score (nSPS) is 12.2. The molecule has 0 saturated carbocycles. The van der Waals surface area contributed by atoms with E-state index in [2.05, 4.69) is 10.3 Å². The van der Waals surface area contributed by atoms with Gasteiger partial charge in [0.05, 0.1) is 33.3 Å². The van der Waals surface area contributed by atoms with Gasteiger partial charge >= 0.3 is 0 Å². The maximum absolute atomic E-state index is 13.0. The highest BCUT2D eigenvalue weighted by molar-refractivity contribution is 6.42. The van der Waals surface area contributed by atoms with Crippen molar-refractivity contribution in [2.24, 2.45) is 0 Å². The Kier molecular flexibility index (Phi) is 6.91. The number of carbonyl (C=O) groups is 1. The predicted octanol–water partition coefficient (Wildman–Crippen LogP) is 6.51. The molecule has 2 aromatic heterocycles. The smallest absolute Gasteiger partial charge is 0.243 e. The van der Waals surface area contributed by atoms with Crippen LogP contribution in [0.5, 0.6) is 0 Å². The van der Waals surface area contributed by atoms with E-state index in [1.54, 1.807) is 30.5 Å². The molecule has 4 rings (SSSR count). The van der Waals surface area contributed by atoms with Crippen LogP contribution in [0, 0.1) is 0 Å². The van der Waals surface area contributed by atoms with Crippen molar-refractivity contribution >= 4 is 63.3 Å². The second-order valence-corrected chi connectivity index (χ2v) is 8.94. The van der Waals surface area contributed by atoms with E-state index in [9.17, 15) is 4.79 Å². The molecule has 1 atom stereocenters. The van der Waals surface area contributed by atoms with E-state index >= 15 is 0 Å². The van der Waals surface area contributed by atoms with E-state index in [1.165, 1.54) is 0 Å². The van der Waals surface area contributed by atoms with Crippen molar-refractivity contribution in [2.75, 3.05) is 0 Å². The molecule has 0 fully saturated rings. The second-order valence-electron chi connectivity index (χ2n) is 7.28. The standard InChI is InChI=1S/C23H18Cl4N4O/c1-13(23(32)29-12-16-4-2-3-7-28-16)31-21-11-19(27)18(26)10-20(21)30-22(31)8-14-5-6-15(24)9-17(14)25/h2-7,9-11,13H,8,12H2,1H3,(H,29,32). The van der Waals surface area contributed by atoms with Gasteiger partial charge < -0.3 is 9.88 Å². The average Bonchev–Trinajstić information content (AvgIpc) is 3.11. The topological polar surface area (TPSA) is 59.8 Å². The van der Waals surface area contributed by atoms with E-state index in [0.717, 1.165) is 11.3 Å². The maximum Gasteiger partial charge on any atom is 0.243 e. The maximum atomic E-state index is 13.0. The number of rotatable bonds is 6. The first-order valence-corrected chi connectivity index (χ1v) is 11.3. The molecule has 0 aliphatic heterocycles. The Morgan fingerprint density at radius 2 is 1.81 bits per heavy atom. The van der Waals surface area contributed by atoms with Gasteiger partial charge in [-0.05, 0) is 48.9 Å². The second kappa shape index (κ2) is 9.67. The van der Waals surface area contributed by atoms with Crippen LogP contribution in [0.2, 0.25) is 20.1 Å². The summed E-state index contributed by atoms with van der Waals surface area (Å²) < 4.78 is 1.86. The van der Waals surface area contributed by atoms with Gasteiger partial charge in [-0.2, -0.15) is 0 Å². The minimum absolute atomic E-state index is 0.176. The first-order valence-electron chi connectivity index (χ1n) is 9.81. The van der Waals surface area contributed by atoms with Gasteiger partial charge in [-0.3, -0.25) is 9.78 Å². The number of nitrogens with zero attached hydrogens (tertiary/aromatic N) is 3. The zero-order valence-corrected chi connectivity index (χ0v) is 20.0. The fourth-order valence-corrected chi connectivity index (χ4v) is 4.27. The Morgan fingerprint density at radius 3 is 2.53 bits per heavy atom. The lowest BCUT2D eigenvalue weighted by Gasteiger charge is -2.18. The number of halogens is 4. The molecule has 0 aliphatic rings. The first kappa shape index (κ1) is 22.9. The van der Waals surface area contributed by atoms with Crippen molar-refractivity contribution < 1.29 is 4.79 Å². The molecule has 1 unspecified atom stereocenters. The fraction of sp³-hybridized carbons (Fsp3) is 0.174. The van der Waals surface area contributed by atoms with Crippen LogP contribution in [0.3, 0.4) is 0 Å². The molecule has 0 aliphatic carbocycles. The summed E-state index contributed by atoms with van der Waals surface area (Å²) in [7, 11) is 0. The van der Waals surface area contributed by atoms with Crippen LogP contribution in [0.25, 0.3) is 11.0 Å². The van der Waals surface area contributed by atoms with Crippen molar-refractivity contribution in [3.63, 3.8) is 0 Å². The van der Waals surface area contributed by atoms with Gasteiger partial charge in [-0.1, -0.05) is 58.5 Å². The van der Waals surface area contributed by atoms with Crippen LogP contribution in [0.4, 0.5) is 0 Å². The average molecular weight is 508 g/mol. The zero-order valence-electron chi connectivity index (χ0n) is 16.9. The van der Waals surface area contributed by atoms with Gasteiger partial charge in [0.25, 0.3) is 0 Å². The Balaban J connectivity index is 1.71. The Bertz CT molecular complexity index is 1290. The molecule has 164 valence electrons. The number of imidazole rings is 1. The van der Waals surface area contributed by atoms with Crippen molar-refractivity contribution in [3.05, 3.63) is 91.9 Å². The summed E-state index contributed by atoms with van der Waals surface area (Å²) in [6.07, 6.45) is 2.09. The van der Waals surface area contributed by atoms with E-state index in [1.807, 2.05) is 35.8 Å². The third kappa shape index (κ3) is 4.86. The van der Waals surface area contributed by atoms with Crippen LogP contribution in [-0.4, -0.2) is 20.4 Å². The number of carbonyl (C=O) groups excluding carboxylic acids is 1. The predicted molar refractivity (Wildman–Crippen MR) is 130 cm³/mol. The van der Waals surface area contributed by atoms with E-state index in [4.69, 9.17) is 51.4 Å². The molecule has 2 heterocycles. The molecular formula is C23H18Cl4N4O. The van der Waals surface area contributed by atoms with Crippen LogP contribution < -0.4 is 5.32 Å². The summed E-state index contributed by atoms with van der Waals surface area (Å²) in [5, 5.41) is 4.79. The molecule has 9 heteroatoms. The quantitative estimate of drug-likeness (QED) is 0.323. The third-order valence-corrected chi connectivity index (χ3v) is 6.41. The number of aromatic nitrogens is 3. The Morgan fingerprint density at radius 1 is 1.03 bits per heavy atom. The van der Waals surface area contributed by atoms with Gasteiger partial charge in [-0.15, -0.1) is 0 Å². The number of hydrogen-bond donors (Lipinski definition) is 1. The minimum Gasteiger partial charge on any atom is -0.349 e. The number of hydrogen-bond acceptors (Lipinski definition) is 3. The number of benzene rings is 2. The molecule has 1 N–H and O–H groups in total. The fourth-order valence-electron chi connectivity index (χ4n) is 3.48. The largest absolute Gasteiger partial charge is 0.349 e. The number of pyridine rings is 1. The van der Waals surface area contributed by atoms with Crippen LogP contribution in [-0.2, 0) is 17.8 Å². The summed E-state index contributed by atoms with van der Waals surface area (Å²) >= 11 is 24.9. The monoisotopic (exact) mass is 506 g/mol. The van der Waals surface area contributed by atoms with Gasteiger partial charge in [0.2, 0.25) is 5.91 Å². The molecule has 5 nitrogen and oxygen atoms in total. The highest BCUT2D eigenvalue weighted by atomic mass is 35.5. The van der Waals surface area contributed by atoms with Gasteiger partial charge in [0, 0.05) is 22.7 Å². The lowest BCUT2D eigenvalue weighted by molar-refractivity contribution is -0.124. The SMILES string of the molecule is CC(C(=O)NCc1ccccn1)n1c(Cc2ccc(Cl)cc2Cl)nc2cc(Cl)c(Cl)cc21. The Hall–Kier alpha value is -2.31. The van der Waals surface area contributed by atoms with Gasteiger partial charge in [0.15, 0.2) is 0 Å². The van der Waals surface area contributed by atoms with Crippen molar-refractivity contribution in [1.82, 2.24) is 19.9 Å². The van der Waals surface area contributed by atoms with E-state index < -0.39 is 6.04 Å². The van der Waals surface area contributed by atoms with E-state index in [-0.39, 0.29) is 5.91 Å². The summed E-state index contributed by atoms with van der Waals surface area (Å²) in [6.45, 7) is 2.13. The summed E-state index contributed by atoms with van der Waals surface area (Å²) in [6, 6.07) is 13.7. The lowest BCUT2D eigenvalue weighted by Crippen LogP contribution is -2.31. The summed E-state index contributed by atoms with van der Waals surface area (Å²) in [4.78, 5) is 22.0. The molecule has 0 saturated heterocycles. The highest BCUT2D eigenvalue weighted by Gasteiger charge is 2.23. The minimum atomic E-state index is -0.568. The lowest BCUT2D eigenvalue weighted by atomic mass is 10.1. The molecule has 4 aromatic rings. The van der Waals surface area contributed by atoms with Crippen molar-refractivity contribution in [2.45, 2.75) is 25.9 Å². The van der Waals surface area contributed by atoms with Crippen LogP contribution in [0.1, 0.15) is 30.0 Å². The summed E-state index contributed by atoms with van der Waals surface area (Å²) in [5.74, 6) is 0.479. The van der Waals surface area contributed by atoms with E-state index in [0.29, 0.717) is 49.9 Å². The molecule has 0 bridgehead atoms. The number of amides is 1. The van der Waals surface area contributed by atoms with Gasteiger partial charge in [0.1, 0.15) is 11.9 Å². The molecule has 0 radical (unpaired) electrons. The Labute approximate surface area is 205 Å². The molecule has 1 amide bonds. The first-order chi connectivity index (χ1) is 15.3. The highest BCUT2D eigenvalue weighted by Crippen LogP contribution is 2.32. The van der Waals surface area contributed by atoms with Crippen LogP contribution >= 0.6 is 46.4 Å². The number of nitrogens with one attached hydrogen (secondary N) is 1. The molecule has 32 heavy (non-hydrogen) atoms. The third-order valence-electron chi connectivity index (χ3n) is 5.10. The van der Waals surface area contributed by atoms with Crippen molar-refractivity contribution in [1.29, 1.82) is 0 Å².